The molecule has 1 fully saturated rings. The van der Waals surface area contributed by atoms with E-state index in [1.54, 1.807) is 0 Å². The summed E-state index contributed by atoms with van der Waals surface area (Å²) in [6, 6.07) is 0.670. The number of piperidine rings is 1. The first kappa shape index (κ1) is 18.4. The normalized spacial score (nSPS) is 26.0. The summed E-state index contributed by atoms with van der Waals surface area (Å²) in [6.07, 6.45) is 14.8. The third kappa shape index (κ3) is 7.28. The Kier molecular flexibility index (Phi) is 8.94. The zero-order valence-electron chi connectivity index (χ0n) is 14.4. The van der Waals surface area contributed by atoms with Crippen LogP contribution in [0.1, 0.15) is 59.8 Å². The molecule has 1 saturated heterocycles. The lowest BCUT2D eigenvalue weighted by Gasteiger charge is -2.32. The van der Waals surface area contributed by atoms with Gasteiger partial charge in [-0.2, -0.15) is 0 Å². The second-order valence-electron chi connectivity index (χ2n) is 6.73. The number of hydrogen-bond donors (Lipinski definition) is 2. The molecule has 0 bridgehead atoms. The van der Waals surface area contributed by atoms with Crippen LogP contribution >= 0.6 is 0 Å². The molecule has 0 aliphatic carbocycles. The molecule has 0 amide bonds. The molecule has 0 aromatic heterocycles. The number of rotatable bonds is 8. The molecule has 0 aromatic rings. The highest BCUT2D eigenvalue weighted by Gasteiger charge is 2.25. The highest BCUT2D eigenvalue weighted by Crippen LogP contribution is 2.30. The molecule has 5 atom stereocenters. The average molecular weight is 293 g/mol. The number of allylic oxidation sites excluding steroid dienone is 3. The van der Waals surface area contributed by atoms with Crippen molar-refractivity contribution >= 4 is 0 Å². The highest BCUT2D eigenvalue weighted by molar-refractivity contribution is 4.99. The molecular weight excluding hydrogens is 258 g/mol. The molecule has 1 aliphatic rings. The van der Waals surface area contributed by atoms with E-state index in [9.17, 15) is 5.11 Å². The number of aliphatic hydroxyl groups excluding tert-OH is 1. The third-order valence-electron chi connectivity index (χ3n) is 4.69. The second kappa shape index (κ2) is 10.2. The summed E-state index contributed by atoms with van der Waals surface area (Å²) in [5, 5.41) is 13.2. The van der Waals surface area contributed by atoms with Crippen LogP contribution in [0.25, 0.3) is 0 Å². The van der Waals surface area contributed by atoms with Gasteiger partial charge in [0.25, 0.3) is 0 Å². The molecule has 0 spiro atoms. The van der Waals surface area contributed by atoms with Crippen LogP contribution in [0, 0.1) is 17.8 Å². The van der Waals surface area contributed by atoms with Crippen molar-refractivity contribution in [1.29, 1.82) is 0 Å². The van der Waals surface area contributed by atoms with E-state index in [1.807, 2.05) is 13.0 Å². The summed E-state index contributed by atoms with van der Waals surface area (Å²) < 4.78 is 0. The minimum absolute atomic E-state index is 0.345. The zero-order chi connectivity index (χ0) is 15.7. The highest BCUT2D eigenvalue weighted by atomic mass is 16.3. The van der Waals surface area contributed by atoms with Gasteiger partial charge in [0.2, 0.25) is 0 Å². The maximum Gasteiger partial charge on any atom is 0.0692 e. The fraction of sp³-hybridized carbons (Fsp3) is 0.789. The van der Waals surface area contributed by atoms with Gasteiger partial charge in [-0.3, -0.25) is 0 Å². The van der Waals surface area contributed by atoms with Crippen LogP contribution in [0.3, 0.4) is 0 Å². The maximum absolute atomic E-state index is 9.47. The second-order valence-corrected chi connectivity index (χ2v) is 6.73. The average Bonchev–Trinajstić information content (AvgIpc) is 2.48. The van der Waals surface area contributed by atoms with E-state index in [1.165, 1.54) is 32.2 Å². The van der Waals surface area contributed by atoms with E-state index in [0.29, 0.717) is 23.8 Å². The van der Waals surface area contributed by atoms with Crippen LogP contribution in [0.5, 0.6) is 0 Å². The molecular formula is C19H35NO. The Morgan fingerprint density at radius 1 is 1.10 bits per heavy atom. The lowest BCUT2D eigenvalue weighted by atomic mass is 9.77. The van der Waals surface area contributed by atoms with E-state index in [4.69, 9.17) is 0 Å². The maximum atomic E-state index is 9.47. The van der Waals surface area contributed by atoms with Gasteiger partial charge in [0, 0.05) is 6.04 Å². The minimum Gasteiger partial charge on any atom is -0.389 e. The Bertz CT molecular complexity index is 316. The predicted molar refractivity (Wildman–Crippen MR) is 92.3 cm³/mol. The molecule has 0 radical (unpaired) electrons. The summed E-state index contributed by atoms with van der Waals surface area (Å²) >= 11 is 0. The van der Waals surface area contributed by atoms with Crippen molar-refractivity contribution in [2.45, 2.75) is 71.9 Å². The van der Waals surface area contributed by atoms with Crippen LogP contribution in [0.4, 0.5) is 0 Å². The van der Waals surface area contributed by atoms with E-state index in [0.717, 1.165) is 6.42 Å². The summed E-state index contributed by atoms with van der Waals surface area (Å²) in [7, 11) is 0. The van der Waals surface area contributed by atoms with Gasteiger partial charge in [0.05, 0.1) is 6.10 Å². The van der Waals surface area contributed by atoms with Crippen LogP contribution < -0.4 is 5.32 Å². The van der Waals surface area contributed by atoms with Gasteiger partial charge >= 0.3 is 0 Å². The summed E-state index contributed by atoms with van der Waals surface area (Å²) in [5.41, 5.74) is 0. The topological polar surface area (TPSA) is 32.3 Å². The molecule has 2 heteroatoms. The molecule has 122 valence electrons. The first-order chi connectivity index (χ1) is 10.0. The quantitative estimate of drug-likeness (QED) is 0.654. The van der Waals surface area contributed by atoms with Crippen molar-refractivity contribution in [3.8, 4) is 0 Å². The van der Waals surface area contributed by atoms with Gasteiger partial charge in [0.15, 0.2) is 0 Å². The number of nitrogens with one attached hydrogen (secondary N) is 1. The number of aliphatic hydroxyl groups is 1. The first-order valence-electron chi connectivity index (χ1n) is 8.81. The monoisotopic (exact) mass is 293 g/mol. The van der Waals surface area contributed by atoms with E-state index in [-0.39, 0.29) is 6.10 Å². The largest absolute Gasteiger partial charge is 0.389 e. The Labute approximate surface area is 131 Å². The molecule has 1 aliphatic heterocycles. The minimum atomic E-state index is -0.345. The Hall–Kier alpha value is -0.600. The molecule has 0 saturated carbocycles. The van der Waals surface area contributed by atoms with Crippen LogP contribution in [0.15, 0.2) is 24.3 Å². The Morgan fingerprint density at radius 2 is 1.81 bits per heavy atom. The molecule has 5 unspecified atom stereocenters. The Morgan fingerprint density at radius 3 is 2.38 bits per heavy atom. The van der Waals surface area contributed by atoms with Gasteiger partial charge < -0.3 is 10.4 Å². The van der Waals surface area contributed by atoms with Crippen molar-refractivity contribution in [3.63, 3.8) is 0 Å². The van der Waals surface area contributed by atoms with E-state index in [2.05, 4.69) is 44.3 Å². The van der Waals surface area contributed by atoms with Crippen molar-refractivity contribution in [2.75, 3.05) is 6.54 Å². The van der Waals surface area contributed by atoms with E-state index < -0.39 is 0 Å². The van der Waals surface area contributed by atoms with Gasteiger partial charge in [-0.1, -0.05) is 51.5 Å². The van der Waals surface area contributed by atoms with Gasteiger partial charge in [-0.15, -0.1) is 0 Å². The van der Waals surface area contributed by atoms with Crippen molar-refractivity contribution in [2.24, 2.45) is 17.8 Å². The van der Waals surface area contributed by atoms with Crippen molar-refractivity contribution in [1.82, 2.24) is 5.32 Å². The third-order valence-corrected chi connectivity index (χ3v) is 4.69. The lowest BCUT2D eigenvalue weighted by molar-refractivity contribution is 0.236. The Balaban J connectivity index is 2.69. The molecule has 2 N–H and O–H groups in total. The molecule has 0 aromatic carbocycles. The summed E-state index contributed by atoms with van der Waals surface area (Å²) in [4.78, 5) is 0. The zero-order valence-corrected chi connectivity index (χ0v) is 14.4. The van der Waals surface area contributed by atoms with Crippen LogP contribution in [-0.4, -0.2) is 23.8 Å². The smallest absolute Gasteiger partial charge is 0.0692 e. The number of hydrogen-bond acceptors (Lipinski definition) is 2. The summed E-state index contributed by atoms with van der Waals surface area (Å²) in [6.45, 7) is 9.82. The van der Waals surface area contributed by atoms with Crippen LogP contribution in [0.2, 0.25) is 0 Å². The fourth-order valence-electron chi connectivity index (χ4n) is 3.33. The van der Waals surface area contributed by atoms with E-state index >= 15 is 0 Å². The predicted octanol–water partition coefficient (Wildman–Crippen LogP) is 4.31. The van der Waals surface area contributed by atoms with Gasteiger partial charge in [-0.05, 0) is 56.9 Å². The summed E-state index contributed by atoms with van der Waals surface area (Å²) in [5.74, 6) is 1.72. The standard InChI is InChI=1S/C19H35NO/c1-5-6-9-15(2)19(16(3)11-12-17(4)21)14-18-10-7-8-13-20-18/h6,9,11-12,15-21H,5,7-8,10,13-14H2,1-4H3. The molecule has 1 heterocycles. The van der Waals surface area contributed by atoms with Gasteiger partial charge in [-0.25, -0.2) is 0 Å². The first-order valence-corrected chi connectivity index (χ1v) is 8.81. The SMILES string of the molecule is CCC=CC(C)C(CC1CCCCN1)C(C)C=CC(C)O. The van der Waals surface area contributed by atoms with Crippen molar-refractivity contribution in [3.05, 3.63) is 24.3 Å². The molecule has 21 heavy (non-hydrogen) atoms. The fourth-order valence-corrected chi connectivity index (χ4v) is 3.33. The van der Waals surface area contributed by atoms with Crippen LogP contribution in [-0.2, 0) is 0 Å². The molecule has 2 nitrogen and oxygen atoms in total. The van der Waals surface area contributed by atoms with Crippen molar-refractivity contribution < 1.29 is 5.11 Å². The van der Waals surface area contributed by atoms with Gasteiger partial charge in [0.1, 0.15) is 0 Å². The molecule has 1 rings (SSSR count). The lowest BCUT2D eigenvalue weighted by Crippen LogP contribution is -2.37.